The zero-order valence-corrected chi connectivity index (χ0v) is 30.2. The predicted octanol–water partition coefficient (Wildman–Crippen LogP) is 8.05. The van der Waals surface area contributed by atoms with Crippen LogP contribution >= 0.6 is 12.2 Å². The SMILES string of the molecule is CC(C)Oc1ccc(-c2cn(COCC[Si](C)(C)C)c3nccc(Oc4c(F)cc(NC(=S)NCC(C)(C)CO)cc4F)c23)cc1C#N. The molecule has 0 unspecified atom stereocenters. The highest BCUT2D eigenvalue weighted by molar-refractivity contribution is 7.80. The molecule has 0 aliphatic heterocycles. The topological polar surface area (TPSA) is 114 Å². The van der Waals surface area contributed by atoms with Gasteiger partial charge in [-0.2, -0.15) is 5.26 Å². The average molecular weight is 696 g/mol. The van der Waals surface area contributed by atoms with Gasteiger partial charge in [0.2, 0.25) is 0 Å². The van der Waals surface area contributed by atoms with E-state index in [1.807, 2.05) is 44.5 Å². The number of ether oxygens (including phenoxy) is 3. The lowest BCUT2D eigenvalue weighted by Crippen LogP contribution is -2.38. The number of aliphatic hydroxyl groups is 1. The molecule has 0 saturated carbocycles. The van der Waals surface area contributed by atoms with E-state index in [9.17, 15) is 10.4 Å². The number of nitrogens with one attached hydrogen (secondary N) is 2. The van der Waals surface area contributed by atoms with Crippen LogP contribution in [0.4, 0.5) is 14.5 Å². The number of benzene rings is 2. The van der Waals surface area contributed by atoms with Crippen LogP contribution in [0.5, 0.6) is 17.2 Å². The fourth-order valence-corrected chi connectivity index (χ4v) is 5.61. The van der Waals surface area contributed by atoms with E-state index in [0.717, 1.165) is 18.2 Å². The number of anilines is 1. The van der Waals surface area contributed by atoms with Crippen LogP contribution in [-0.4, -0.2) is 53.7 Å². The number of aromatic nitrogens is 2. The number of pyridine rings is 1. The standard InChI is InChI=1S/C35H43F2N5O4SSi/c1-22(2)45-29-9-8-23(14-24(29)17-38)26-18-42(21-44-12-13-48(5,6)7)33-31(26)30(10-11-39-33)46-32-27(36)15-25(16-28(32)37)41-34(47)40-19-35(3,4)20-43/h8-11,14-16,18,22,43H,12-13,19-21H2,1-7H3,(H2,40,41,47). The van der Waals surface area contributed by atoms with E-state index in [0.29, 0.717) is 46.6 Å². The Bertz CT molecular complexity index is 1790. The molecule has 4 rings (SSSR count). The van der Waals surface area contributed by atoms with Crippen molar-refractivity contribution >= 4 is 42.1 Å². The van der Waals surface area contributed by atoms with Gasteiger partial charge in [-0.05, 0) is 55.9 Å². The van der Waals surface area contributed by atoms with Crippen molar-refractivity contribution in [3.05, 3.63) is 66.0 Å². The lowest BCUT2D eigenvalue weighted by atomic mass is 9.95. The molecule has 0 radical (unpaired) electrons. The van der Waals surface area contributed by atoms with Gasteiger partial charge in [-0.25, -0.2) is 13.8 Å². The lowest BCUT2D eigenvalue weighted by molar-refractivity contribution is 0.0899. The van der Waals surface area contributed by atoms with Crippen LogP contribution in [0.1, 0.15) is 33.3 Å². The Hall–Kier alpha value is -4.09. The molecule has 0 atom stereocenters. The third-order valence-corrected chi connectivity index (χ3v) is 9.29. The zero-order valence-electron chi connectivity index (χ0n) is 28.4. The summed E-state index contributed by atoms with van der Waals surface area (Å²) in [5.74, 6) is -1.87. The number of rotatable bonds is 14. The molecule has 0 aliphatic carbocycles. The minimum absolute atomic E-state index is 0.0613. The number of nitriles is 1. The quantitative estimate of drug-likeness (QED) is 0.0685. The molecule has 48 heavy (non-hydrogen) atoms. The Morgan fingerprint density at radius 1 is 1.12 bits per heavy atom. The first-order chi connectivity index (χ1) is 22.6. The van der Waals surface area contributed by atoms with Gasteiger partial charge in [0.25, 0.3) is 0 Å². The Kier molecular flexibility index (Phi) is 11.8. The van der Waals surface area contributed by atoms with Crippen molar-refractivity contribution in [1.29, 1.82) is 5.26 Å². The van der Waals surface area contributed by atoms with Crippen LogP contribution in [0.25, 0.3) is 22.2 Å². The van der Waals surface area contributed by atoms with Crippen molar-refractivity contribution in [2.24, 2.45) is 5.41 Å². The van der Waals surface area contributed by atoms with Crippen LogP contribution in [0, 0.1) is 28.4 Å². The van der Waals surface area contributed by atoms with E-state index in [1.165, 1.54) is 12.3 Å². The second-order valence-electron chi connectivity index (χ2n) is 13.9. The summed E-state index contributed by atoms with van der Waals surface area (Å²) >= 11 is 5.27. The number of aliphatic hydroxyl groups excluding tert-OH is 1. The number of thiocarbonyl (C=S) groups is 1. The third kappa shape index (κ3) is 9.50. The number of hydrogen-bond acceptors (Lipinski definition) is 7. The zero-order chi connectivity index (χ0) is 35.2. The molecular weight excluding hydrogens is 653 g/mol. The van der Waals surface area contributed by atoms with Gasteiger partial charge < -0.3 is 34.5 Å². The minimum atomic E-state index is -1.32. The molecule has 2 heterocycles. The highest BCUT2D eigenvalue weighted by atomic mass is 32.1. The summed E-state index contributed by atoms with van der Waals surface area (Å²) in [4.78, 5) is 4.58. The third-order valence-electron chi connectivity index (χ3n) is 7.34. The van der Waals surface area contributed by atoms with Gasteiger partial charge in [-0.15, -0.1) is 0 Å². The highest BCUT2D eigenvalue weighted by Gasteiger charge is 2.22. The van der Waals surface area contributed by atoms with E-state index in [-0.39, 0.29) is 36.0 Å². The molecule has 2 aromatic heterocycles. The van der Waals surface area contributed by atoms with Crippen LogP contribution in [-0.2, 0) is 11.5 Å². The number of nitrogens with zero attached hydrogens (tertiary/aromatic N) is 3. The molecule has 2 aromatic carbocycles. The number of halogens is 2. The lowest BCUT2D eigenvalue weighted by Gasteiger charge is -2.23. The summed E-state index contributed by atoms with van der Waals surface area (Å²) in [6.07, 6.45) is 3.22. The van der Waals surface area contributed by atoms with E-state index >= 15 is 8.78 Å². The number of hydrogen-bond donors (Lipinski definition) is 3. The van der Waals surface area contributed by atoms with Gasteiger partial charge in [-0.3, -0.25) is 0 Å². The summed E-state index contributed by atoms with van der Waals surface area (Å²) < 4.78 is 50.6. The molecule has 0 saturated heterocycles. The molecule has 4 aromatic rings. The largest absolute Gasteiger partial charge is 0.490 e. The van der Waals surface area contributed by atoms with Crippen LogP contribution in [0.2, 0.25) is 25.7 Å². The first-order valence-corrected chi connectivity index (χ1v) is 19.8. The maximum absolute atomic E-state index is 15.5. The fraction of sp³-hybridized carbons (Fsp3) is 0.400. The highest BCUT2D eigenvalue weighted by Crippen LogP contribution is 2.40. The smallest absolute Gasteiger partial charge is 0.198 e. The van der Waals surface area contributed by atoms with Crippen LogP contribution < -0.4 is 20.1 Å². The van der Waals surface area contributed by atoms with Crippen LogP contribution in [0.3, 0.4) is 0 Å². The first-order valence-electron chi connectivity index (χ1n) is 15.7. The molecular formula is C35H43F2N5O4SSi. The predicted molar refractivity (Wildman–Crippen MR) is 191 cm³/mol. The molecule has 256 valence electrons. The minimum Gasteiger partial charge on any atom is -0.490 e. The summed E-state index contributed by atoms with van der Waals surface area (Å²) in [7, 11) is -1.32. The van der Waals surface area contributed by atoms with Gasteiger partial charge in [0.05, 0.1) is 17.1 Å². The second kappa shape index (κ2) is 15.4. The second-order valence-corrected chi connectivity index (χ2v) is 19.9. The maximum atomic E-state index is 15.5. The molecule has 9 nitrogen and oxygen atoms in total. The summed E-state index contributed by atoms with van der Waals surface area (Å²) in [6, 6.07) is 12.2. The maximum Gasteiger partial charge on any atom is 0.198 e. The molecule has 0 fully saturated rings. The first kappa shape index (κ1) is 36.7. The van der Waals surface area contributed by atoms with Gasteiger partial charge in [0, 0.05) is 69.0 Å². The van der Waals surface area contributed by atoms with Crippen LogP contribution in [0.15, 0.2) is 48.8 Å². The van der Waals surface area contributed by atoms with E-state index < -0.39 is 30.9 Å². The Morgan fingerprint density at radius 2 is 1.83 bits per heavy atom. The van der Waals surface area contributed by atoms with Gasteiger partial charge in [0.1, 0.15) is 29.9 Å². The van der Waals surface area contributed by atoms with Gasteiger partial charge in [0.15, 0.2) is 22.5 Å². The van der Waals surface area contributed by atoms with Gasteiger partial charge >= 0.3 is 0 Å². The summed E-state index contributed by atoms with van der Waals surface area (Å²) in [6.45, 7) is 15.4. The fourth-order valence-electron chi connectivity index (χ4n) is 4.66. The van der Waals surface area contributed by atoms with E-state index in [2.05, 4.69) is 41.3 Å². The average Bonchev–Trinajstić information content (AvgIpc) is 3.39. The Labute approximate surface area is 286 Å². The van der Waals surface area contributed by atoms with Crippen molar-refractivity contribution in [1.82, 2.24) is 14.9 Å². The van der Waals surface area contributed by atoms with Crippen molar-refractivity contribution < 1.29 is 28.1 Å². The molecule has 0 aliphatic rings. The van der Waals surface area contributed by atoms with Crippen molar-refractivity contribution in [3.63, 3.8) is 0 Å². The van der Waals surface area contributed by atoms with Crippen molar-refractivity contribution in [2.75, 3.05) is 25.1 Å². The van der Waals surface area contributed by atoms with Gasteiger partial charge in [-0.1, -0.05) is 39.6 Å². The molecule has 3 N–H and O–H groups in total. The monoisotopic (exact) mass is 695 g/mol. The van der Waals surface area contributed by atoms with Crippen molar-refractivity contribution in [3.8, 4) is 34.4 Å². The number of fused-ring (bicyclic) bond motifs is 1. The Morgan fingerprint density at radius 3 is 2.46 bits per heavy atom. The Balaban J connectivity index is 1.71. The molecule has 0 spiro atoms. The molecule has 0 bridgehead atoms. The van der Waals surface area contributed by atoms with Crippen molar-refractivity contribution in [2.45, 2.75) is 66.2 Å². The van der Waals surface area contributed by atoms with E-state index in [4.69, 9.17) is 26.4 Å². The molecule has 0 amide bonds. The summed E-state index contributed by atoms with van der Waals surface area (Å²) in [5, 5.41) is 25.7. The normalized spacial score (nSPS) is 11.9. The van der Waals surface area contributed by atoms with E-state index in [1.54, 1.807) is 12.1 Å². The summed E-state index contributed by atoms with van der Waals surface area (Å²) in [5.41, 5.74) is 1.78. The molecule has 13 heteroatoms.